The average molecular weight is 488 g/mol. The van der Waals surface area contributed by atoms with Crippen LogP contribution in [0.15, 0.2) is 90.0 Å². The van der Waals surface area contributed by atoms with Crippen LogP contribution in [0.4, 0.5) is 0 Å². The Morgan fingerprint density at radius 2 is 1.35 bits per heavy atom. The predicted octanol–water partition coefficient (Wildman–Crippen LogP) is 10.7. The molecule has 0 saturated heterocycles. The molecule has 0 aliphatic heterocycles. The fourth-order valence-electron chi connectivity index (χ4n) is 4.73. The molecule has 0 unspecified atom stereocenters. The molecule has 2 heteroatoms. The molecule has 0 heterocycles. The van der Waals surface area contributed by atoms with Gasteiger partial charge >= 0.3 is 0 Å². The number of hydrogen-bond acceptors (Lipinski definition) is 0. The summed E-state index contributed by atoms with van der Waals surface area (Å²) in [5, 5.41) is 1.53. The van der Waals surface area contributed by atoms with E-state index in [9.17, 15) is 0 Å². The quantitative estimate of drug-likeness (QED) is 0.282. The highest BCUT2D eigenvalue weighted by Crippen LogP contribution is 2.49. The van der Waals surface area contributed by atoms with Crippen LogP contribution in [-0.4, -0.2) is 0 Å². The Morgan fingerprint density at radius 1 is 0.706 bits per heavy atom. The third-order valence-electron chi connectivity index (χ3n) is 6.45. The molecule has 0 saturated carbocycles. The monoisotopic (exact) mass is 486 g/mol. The molecular formula is C32H32Cl2. The van der Waals surface area contributed by atoms with E-state index in [4.69, 9.17) is 23.2 Å². The Labute approximate surface area is 214 Å². The molecule has 0 fully saturated rings. The maximum atomic E-state index is 6.56. The molecule has 0 nitrogen and oxygen atoms in total. The van der Waals surface area contributed by atoms with Crippen molar-refractivity contribution in [3.05, 3.63) is 122 Å². The van der Waals surface area contributed by atoms with Crippen LogP contribution in [-0.2, 0) is 0 Å². The van der Waals surface area contributed by atoms with Crippen LogP contribution in [0, 0.1) is 0 Å². The summed E-state index contributed by atoms with van der Waals surface area (Å²) < 4.78 is 0. The molecule has 1 aliphatic rings. The van der Waals surface area contributed by atoms with Gasteiger partial charge in [0, 0.05) is 10.0 Å². The molecule has 0 aromatic heterocycles. The molecule has 0 bridgehead atoms. The van der Waals surface area contributed by atoms with Gasteiger partial charge in [0.2, 0.25) is 0 Å². The maximum Gasteiger partial charge on any atom is 0.0412 e. The first kappa shape index (κ1) is 24.6. The Kier molecular flexibility index (Phi) is 8.48. The minimum Gasteiger partial charge on any atom is -0.0843 e. The number of benzene rings is 3. The molecule has 34 heavy (non-hydrogen) atoms. The summed E-state index contributed by atoms with van der Waals surface area (Å²) in [6, 6.07) is 25.1. The Bertz CT molecular complexity index is 1200. The van der Waals surface area contributed by atoms with E-state index in [1.165, 1.54) is 64.7 Å². The van der Waals surface area contributed by atoms with E-state index in [1.807, 2.05) is 18.2 Å². The predicted molar refractivity (Wildman–Crippen MR) is 150 cm³/mol. The van der Waals surface area contributed by atoms with Crippen molar-refractivity contribution >= 4 is 40.4 Å². The van der Waals surface area contributed by atoms with E-state index in [1.54, 1.807) is 5.57 Å². The molecule has 4 rings (SSSR count). The Balaban J connectivity index is 1.99. The van der Waals surface area contributed by atoms with Crippen LogP contribution in [0.3, 0.4) is 0 Å². The standard InChI is InChI=1S/C32H32Cl2/c1-3-5-12-24(13-6-4-2)32-29(20-14-23-10-8-7-9-11-23)31(25-15-17-26(33)18-16-25)28-21-19-27(34)22-30(28)32/h7-11,14-22H,3-6,12-13H2,1-2H3/b20-14+. The number of allylic oxidation sites excluding steroid dienone is 4. The second-order valence-electron chi connectivity index (χ2n) is 8.92. The minimum atomic E-state index is 0.752. The van der Waals surface area contributed by atoms with Crippen molar-refractivity contribution in [1.82, 2.24) is 0 Å². The van der Waals surface area contributed by atoms with Gasteiger partial charge in [-0.2, -0.15) is 0 Å². The summed E-state index contributed by atoms with van der Waals surface area (Å²) in [5.74, 6) is 0. The number of unbranched alkanes of at least 4 members (excludes halogenated alkanes) is 2. The van der Waals surface area contributed by atoms with Gasteiger partial charge in [0.25, 0.3) is 0 Å². The fourth-order valence-corrected chi connectivity index (χ4v) is 5.03. The summed E-state index contributed by atoms with van der Waals surface area (Å²) >= 11 is 12.8. The second kappa shape index (κ2) is 11.7. The van der Waals surface area contributed by atoms with Crippen molar-refractivity contribution in [3.63, 3.8) is 0 Å². The molecule has 174 valence electrons. The van der Waals surface area contributed by atoms with Crippen molar-refractivity contribution in [1.29, 1.82) is 0 Å². The van der Waals surface area contributed by atoms with Crippen LogP contribution in [0.25, 0.3) is 17.2 Å². The lowest BCUT2D eigenvalue weighted by molar-refractivity contribution is 0.715. The van der Waals surface area contributed by atoms with Crippen LogP contribution >= 0.6 is 23.2 Å². The average Bonchev–Trinajstić information content (AvgIpc) is 3.17. The first-order valence-corrected chi connectivity index (χ1v) is 13.1. The van der Waals surface area contributed by atoms with E-state index in [2.05, 4.69) is 80.6 Å². The summed E-state index contributed by atoms with van der Waals surface area (Å²) in [6.07, 6.45) is 11.6. The van der Waals surface area contributed by atoms with E-state index >= 15 is 0 Å². The molecule has 0 radical (unpaired) electrons. The fraction of sp³-hybridized carbons (Fsp3) is 0.250. The number of halogens is 2. The van der Waals surface area contributed by atoms with Crippen molar-refractivity contribution in [3.8, 4) is 0 Å². The van der Waals surface area contributed by atoms with Gasteiger partial charge in [-0.3, -0.25) is 0 Å². The first-order valence-electron chi connectivity index (χ1n) is 12.4. The highest BCUT2D eigenvalue weighted by Gasteiger charge is 2.28. The molecule has 0 atom stereocenters. The van der Waals surface area contributed by atoms with E-state index in [0.29, 0.717) is 0 Å². The third-order valence-corrected chi connectivity index (χ3v) is 6.94. The summed E-state index contributed by atoms with van der Waals surface area (Å²) in [7, 11) is 0. The van der Waals surface area contributed by atoms with Gasteiger partial charge in [0.15, 0.2) is 0 Å². The van der Waals surface area contributed by atoms with Crippen molar-refractivity contribution < 1.29 is 0 Å². The maximum absolute atomic E-state index is 6.56. The molecular weight excluding hydrogens is 455 g/mol. The van der Waals surface area contributed by atoms with E-state index in [-0.39, 0.29) is 0 Å². The zero-order valence-electron chi connectivity index (χ0n) is 20.1. The molecule has 0 spiro atoms. The van der Waals surface area contributed by atoms with Gasteiger partial charge in [0.05, 0.1) is 0 Å². The topological polar surface area (TPSA) is 0 Å². The van der Waals surface area contributed by atoms with Crippen molar-refractivity contribution in [2.24, 2.45) is 0 Å². The van der Waals surface area contributed by atoms with Crippen LogP contribution in [0.5, 0.6) is 0 Å². The van der Waals surface area contributed by atoms with E-state index < -0.39 is 0 Å². The highest BCUT2D eigenvalue weighted by atomic mass is 35.5. The normalized spacial score (nSPS) is 13.1. The largest absolute Gasteiger partial charge is 0.0843 e. The lowest BCUT2D eigenvalue weighted by atomic mass is 9.90. The third kappa shape index (κ3) is 5.57. The SMILES string of the molecule is CCCCC(CCCC)=C1C(/C=C/c2ccccc2)=C(c2ccc(Cl)cc2)c2ccc(Cl)cc21. The zero-order valence-corrected chi connectivity index (χ0v) is 21.6. The minimum absolute atomic E-state index is 0.752. The first-order chi connectivity index (χ1) is 16.6. The lowest BCUT2D eigenvalue weighted by Gasteiger charge is -2.15. The zero-order chi connectivity index (χ0) is 23.9. The molecule has 1 aliphatic carbocycles. The summed E-state index contributed by atoms with van der Waals surface area (Å²) in [4.78, 5) is 0. The molecule has 0 amide bonds. The Hall–Kier alpha value is -2.54. The smallest absolute Gasteiger partial charge is 0.0412 e. The van der Waals surface area contributed by atoms with Crippen LogP contribution < -0.4 is 0 Å². The van der Waals surface area contributed by atoms with E-state index in [0.717, 1.165) is 22.9 Å². The highest BCUT2D eigenvalue weighted by molar-refractivity contribution is 6.31. The van der Waals surface area contributed by atoms with Gasteiger partial charge < -0.3 is 0 Å². The molecule has 3 aromatic rings. The van der Waals surface area contributed by atoms with Crippen molar-refractivity contribution in [2.45, 2.75) is 52.4 Å². The number of rotatable bonds is 9. The number of fused-ring (bicyclic) bond motifs is 1. The van der Waals surface area contributed by atoms with Gasteiger partial charge in [-0.25, -0.2) is 0 Å². The second-order valence-corrected chi connectivity index (χ2v) is 9.79. The van der Waals surface area contributed by atoms with Gasteiger partial charge in [-0.1, -0.05) is 116 Å². The van der Waals surface area contributed by atoms with Crippen LogP contribution in [0.1, 0.15) is 74.6 Å². The summed E-state index contributed by atoms with van der Waals surface area (Å²) in [6.45, 7) is 4.54. The molecule has 3 aromatic carbocycles. The van der Waals surface area contributed by atoms with Crippen molar-refractivity contribution in [2.75, 3.05) is 0 Å². The van der Waals surface area contributed by atoms with Gasteiger partial charge in [-0.15, -0.1) is 0 Å². The van der Waals surface area contributed by atoms with Gasteiger partial charge in [-0.05, 0) is 88.9 Å². The number of hydrogen-bond donors (Lipinski definition) is 0. The van der Waals surface area contributed by atoms with Gasteiger partial charge in [0.1, 0.15) is 0 Å². The Morgan fingerprint density at radius 3 is 2.00 bits per heavy atom. The van der Waals surface area contributed by atoms with Crippen LogP contribution in [0.2, 0.25) is 10.0 Å². The lowest BCUT2D eigenvalue weighted by Crippen LogP contribution is -1.94. The summed E-state index contributed by atoms with van der Waals surface area (Å²) in [5.41, 5.74) is 10.3. The molecule has 0 N–H and O–H groups in total.